The molecule has 2 aromatic carbocycles. The van der Waals surface area contributed by atoms with Crippen molar-refractivity contribution < 1.29 is 13.9 Å². The quantitative estimate of drug-likeness (QED) is 0.415. The van der Waals surface area contributed by atoms with E-state index in [1.165, 1.54) is 0 Å². The van der Waals surface area contributed by atoms with Crippen LogP contribution in [-0.4, -0.2) is 49.5 Å². The Balaban J connectivity index is 1.69. The molecule has 0 N–H and O–H groups in total. The molecule has 0 fully saturated rings. The number of hydrogen-bond acceptors (Lipinski definition) is 5. The van der Waals surface area contributed by atoms with E-state index in [9.17, 15) is 9.59 Å². The van der Waals surface area contributed by atoms with Crippen molar-refractivity contribution >= 4 is 16.9 Å². The van der Waals surface area contributed by atoms with Crippen molar-refractivity contribution in [3.8, 4) is 5.75 Å². The topological polar surface area (TPSA) is 63.0 Å². The van der Waals surface area contributed by atoms with Gasteiger partial charge in [0.2, 0.25) is 5.76 Å². The molecule has 6 nitrogen and oxygen atoms in total. The highest BCUT2D eigenvalue weighted by Gasteiger charge is 2.42. The average molecular weight is 449 g/mol. The van der Waals surface area contributed by atoms with Crippen molar-refractivity contribution in [3.05, 3.63) is 75.6 Å². The Kier molecular flexibility index (Phi) is 7.14. The number of unbranched alkanes of at least 4 members (excludes halogenated alkanes) is 2. The standard InChI is InChI=1S/C27H32N2O4/c1-4-5-8-18-32-20-14-12-19(13-15-20)24-23-25(30)21-10-6-7-11-22(21)33-26(23)27(31)29(24)17-9-16-28(2)3/h6-7,10-15,24H,4-5,8-9,16-18H2,1-3H3. The van der Waals surface area contributed by atoms with Gasteiger partial charge in [0.25, 0.3) is 5.91 Å². The zero-order chi connectivity index (χ0) is 23.4. The third-order valence-electron chi connectivity index (χ3n) is 6.09. The fraction of sp³-hybridized carbons (Fsp3) is 0.407. The average Bonchev–Trinajstić information content (AvgIpc) is 3.09. The summed E-state index contributed by atoms with van der Waals surface area (Å²) < 4.78 is 11.8. The van der Waals surface area contributed by atoms with E-state index in [0.717, 1.165) is 43.5 Å². The molecule has 6 heteroatoms. The first-order valence-electron chi connectivity index (χ1n) is 11.8. The number of benzene rings is 2. The first-order chi connectivity index (χ1) is 16.0. The van der Waals surface area contributed by atoms with Crippen molar-refractivity contribution in [1.29, 1.82) is 0 Å². The minimum absolute atomic E-state index is 0.139. The van der Waals surface area contributed by atoms with Crippen LogP contribution in [0, 0.1) is 0 Å². The Morgan fingerprint density at radius 3 is 2.48 bits per heavy atom. The summed E-state index contributed by atoms with van der Waals surface area (Å²) in [6.45, 7) is 4.24. The molecule has 4 rings (SSSR count). The van der Waals surface area contributed by atoms with Crippen molar-refractivity contribution in [2.45, 2.75) is 38.6 Å². The van der Waals surface area contributed by atoms with Gasteiger partial charge in [0.15, 0.2) is 5.43 Å². The van der Waals surface area contributed by atoms with E-state index in [4.69, 9.17) is 9.15 Å². The smallest absolute Gasteiger partial charge is 0.290 e. The van der Waals surface area contributed by atoms with Crippen LogP contribution in [0.3, 0.4) is 0 Å². The number of carbonyl (C=O) groups excluding carboxylic acids is 1. The van der Waals surface area contributed by atoms with Crippen molar-refractivity contribution in [1.82, 2.24) is 9.80 Å². The Morgan fingerprint density at radius 1 is 1.00 bits per heavy atom. The minimum Gasteiger partial charge on any atom is -0.494 e. The zero-order valence-corrected chi connectivity index (χ0v) is 19.7. The number of rotatable bonds is 10. The number of amides is 1. The summed E-state index contributed by atoms with van der Waals surface area (Å²) in [7, 11) is 4.02. The van der Waals surface area contributed by atoms with E-state index in [1.807, 2.05) is 50.5 Å². The number of ether oxygens (including phenoxy) is 1. The molecule has 1 unspecified atom stereocenters. The molecule has 3 aromatic rings. The molecule has 0 saturated carbocycles. The predicted molar refractivity (Wildman–Crippen MR) is 130 cm³/mol. The molecule has 0 aliphatic carbocycles. The fourth-order valence-electron chi connectivity index (χ4n) is 4.39. The largest absolute Gasteiger partial charge is 0.494 e. The number of hydrogen-bond donors (Lipinski definition) is 0. The van der Waals surface area contributed by atoms with E-state index >= 15 is 0 Å². The van der Waals surface area contributed by atoms with Crippen LogP contribution in [0.4, 0.5) is 0 Å². The molecular formula is C27H32N2O4. The van der Waals surface area contributed by atoms with Crippen LogP contribution in [0.15, 0.2) is 57.7 Å². The summed E-state index contributed by atoms with van der Waals surface area (Å²) in [5.41, 5.74) is 1.62. The Bertz CT molecular complexity index is 1170. The van der Waals surface area contributed by atoms with Crippen molar-refractivity contribution in [2.75, 3.05) is 33.8 Å². The normalized spacial score (nSPS) is 15.5. The van der Waals surface area contributed by atoms with Gasteiger partial charge in [0.1, 0.15) is 11.3 Å². The van der Waals surface area contributed by atoms with Crippen LogP contribution in [0.2, 0.25) is 0 Å². The lowest BCUT2D eigenvalue weighted by molar-refractivity contribution is 0.0722. The van der Waals surface area contributed by atoms with Crippen LogP contribution >= 0.6 is 0 Å². The van der Waals surface area contributed by atoms with Crippen LogP contribution < -0.4 is 10.2 Å². The molecular weight excluding hydrogens is 416 g/mol. The molecule has 1 aliphatic rings. The molecule has 0 saturated heterocycles. The van der Waals surface area contributed by atoms with E-state index in [1.54, 1.807) is 17.0 Å². The van der Waals surface area contributed by atoms with Crippen molar-refractivity contribution in [2.24, 2.45) is 0 Å². The summed E-state index contributed by atoms with van der Waals surface area (Å²) in [5, 5.41) is 0.500. The van der Waals surface area contributed by atoms with Crippen LogP contribution in [-0.2, 0) is 0 Å². The fourth-order valence-corrected chi connectivity index (χ4v) is 4.39. The van der Waals surface area contributed by atoms with Crippen LogP contribution in [0.5, 0.6) is 5.75 Å². The number of carbonyl (C=O) groups is 1. The van der Waals surface area contributed by atoms with Crippen molar-refractivity contribution in [3.63, 3.8) is 0 Å². The number of para-hydroxylation sites is 1. The molecule has 1 aliphatic heterocycles. The molecule has 0 spiro atoms. The van der Waals surface area contributed by atoms with E-state index in [-0.39, 0.29) is 17.1 Å². The first kappa shape index (κ1) is 23.1. The number of fused-ring (bicyclic) bond motifs is 2. The van der Waals surface area contributed by atoms with Gasteiger partial charge in [-0.2, -0.15) is 0 Å². The lowest BCUT2D eigenvalue weighted by atomic mass is 9.98. The highest BCUT2D eigenvalue weighted by atomic mass is 16.5. The maximum absolute atomic E-state index is 13.5. The van der Waals surface area contributed by atoms with Gasteiger partial charge in [-0.3, -0.25) is 9.59 Å². The maximum atomic E-state index is 13.5. The maximum Gasteiger partial charge on any atom is 0.290 e. The first-order valence-corrected chi connectivity index (χ1v) is 11.8. The zero-order valence-electron chi connectivity index (χ0n) is 19.7. The van der Waals surface area contributed by atoms with Gasteiger partial charge in [-0.15, -0.1) is 0 Å². The van der Waals surface area contributed by atoms with Gasteiger partial charge in [0.05, 0.1) is 23.6 Å². The van der Waals surface area contributed by atoms with Crippen LogP contribution in [0.1, 0.15) is 60.3 Å². The SMILES string of the molecule is CCCCCOc1ccc(C2c3c(oc4ccccc4c3=O)C(=O)N2CCCN(C)C)cc1. The van der Waals surface area contributed by atoms with Gasteiger partial charge in [-0.25, -0.2) is 0 Å². The van der Waals surface area contributed by atoms with Gasteiger partial charge < -0.3 is 19.0 Å². The van der Waals surface area contributed by atoms with Gasteiger partial charge >= 0.3 is 0 Å². The Morgan fingerprint density at radius 2 is 1.76 bits per heavy atom. The van der Waals surface area contributed by atoms with Gasteiger partial charge in [0, 0.05) is 6.54 Å². The molecule has 1 aromatic heterocycles. The number of nitrogens with zero attached hydrogens (tertiary/aromatic N) is 2. The van der Waals surface area contributed by atoms with Crippen LogP contribution in [0.25, 0.3) is 11.0 Å². The second kappa shape index (κ2) is 10.2. The molecule has 1 atom stereocenters. The molecule has 174 valence electrons. The van der Waals surface area contributed by atoms with E-state index in [2.05, 4.69) is 11.8 Å². The lowest BCUT2D eigenvalue weighted by Gasteiger charge is -2.26. The molecule has 2 heterocycles. The molecule has 0 bridgehead atoms. The van der Waals surface area contributed by atoms with E-state index < -0.39 is 6.04 Å². The summed E-state index contributed by atoms with van der Waals surface area (Å²) in [6.07, 6.45) is 4.12. The van der Waals surface area contributed by atoms with E-state index in [0.29, 0.717) is 29.7 Å². The molecule has 0 radical (unpaired) electrons. The summed E-state index contributed by atoms with van der Waals surface area (Å²) >= 11 is 0. The Labute approximate surface area is 194 Å². The second-order valence-corrected chi connectivity index (χ2v) is 8.85. The monoisotopic (exact) mass is 448 g/mol. The third kappa shape index (κ3) is 4.81. The molecule has 1 amide bonds. The summed E-state index contributed by atoms with van der Waals surface area (Å²) in [5.74, 6) is 0.731. The summed E-state index contributed by atoms with van der Waals surface area (Å²) in [4.78, 5) is 30.7. The van der Waals surface area contributed by atoms with Gasteiger partial charge in [-0.05, 0) is 63.3 Å². The predicted octanol–water partition coefficient (Wildman–Crippen LogP) is 4.86. The highest BCUT2D eigenvalue weighted by Crippen LogP contribution is 2.38. The minimum atomic E-state index is -0.468. The second-order valence-electron chi connectivity index (χ2n) is 8.85. The lowest BCUT2D eigenvalue weighted by Crippen LogP contribution is -2.32. The van der Waals surface area contributed by atoms with Gasteiger partial charge in [-0.1, -0.05) is 44.0 Å². The molecule has 33 heavy (non-hydrogen) atoms. The Hall–Kier alpha value is -3.12. The highest BCUT2D eigenvalue weighted by molar-refractivity contribution is 5.99. The summed E-state index contributed by atoms with van der Waals surface area (Å²) in [6, 6.07) is 14.4. The third-order valence-corrected chi connectivity index (χ3v) is 6.09.